The number of ether oxygens (including phenoxy) is 2. The van der Waals surface area contributed by atoms with Crippen molar-refractivity contribution in [1.29, 1.82) is 0 Å². The van der Waals surface area contributed by atoms with Crippen LogP contribution in [-0.4, -0.2) is 34.9 Å². The summed E-state index contributed by atoms with van der Waals surface area (Å²) >= 11 is 0. The van der Waals surface area contributed by atoms with Crippen LogP contribution in [0.25, 0.3) is 0 Å². The second kappa shape index (κ2) is 13.4. The number of hydrogen-bond acceptors (Lipinski definition) is 5. The molecule has 8 atom stereocenters. The number of hydrogen-bond donors (Lipinski definition) is 1. The molecule has 0 spiro atoms. The van der Waals surface area contributed by atoms with Gasteiger partial charge >= 0.3 is 11.9 Å². The van der Waals surface area contributed by atoms with E-state index in [-0.39, 0.29) is 35.8 Å². The molecule has 228 valence electrons. The second-order valence-corrected chi connectivity index (χ2v) is 14.0. The molecule has 1 aliphatic heterocycles. The van der Waals surface area contributed by atoms with E-state index in [1.807, 2.05) is 18.2 Å². The molecule has 0 unspecified atom stereocenters. The van der Waals surface area contributed by atoms with Crippen molar-refractivity contribution in [2.75, 3.05) is 0 Å². The van der Waals surface area contributed by atoms with Crippen molar-refractivity contribution >= 4 is 11.9 Å². The number of cyclic esters (lactones) is 1. The second-order valence-electron chi connectivity index (χ2n) is 14.0. The van der Waals surface area contributed by atoms with Crippen molar-refractivity contribution in [1.82, 2.24) is 0 Å². The van der Waals surface area contributed by atoms with Crippen LogP contribution >= 0.6 is 0 Å². The monoisotopic (exact) mass is 566 g/mol. The Kier molecular flexibility index (Phi) is 10.4. The molecule has 5 nitrogen and oxygen atoms in total. The maximum absolute atomic E-state index is 13.2. The highest BCUT2D eigenvalue weighted by Gasteiger charge is 2.60. The lowest BCUT2D eigenvalue weighted by molar-refractivity contribution is -0.185. The van der Waals surface area contributed by atoms with E-state index in [4.69, 9.17) is 9.47 Å². The average Bonchev–Trinajstić information content (AvgIpc) is 3.28. The maximum atomic E-state index is 13.2. The van der Waals surface area contributed by atoms with Gasteiger partial charge in [-0.1, -0.05) is 71.1 Å². The molecule has 3 saturated carbocycles. The van der Waals surface area contributed by atoms with Gasteiger partial charge in [0, 0.05) is 19.3 Å². The van der Waals surface area contributed by atoms with E-state index in [1.54, 1.807) is 0 Å². The van der Waals surface area contributed by atoms with Crippen LogP contribution in [0.5, 0.6) is 0 Å². The van der Waals surface area contributed by atoms with Crippen molar-refractivity contribution in [2.45, 2.75) is 129 Å². The predicted molar refractivity (Wildman–Crippen MR) is 164 cm³/mol. The first-order chi connectivity index (χ1) is 19.4. The SMILES string of the molecule is C=C1CC[C@@H]2C/C1=C/[C@H]([C@]1(O)CCC[C@]3(C)[C@@H]([C@H](C)/C=C/[C@H](C)C(C)C)CC[C@H]31)OC(=O)CC/C=C/CCC(=O)O2. The Morgan fingerprint density at radius 3 is 2.32 bits per heavy atom. The van der Waals surface area contributed by atoms with E-state index in [9.17, 15) is 14.7 Å². The van der Waals surface area contributed by atoms with Gasteiger partial charge in [0.2, 0.25) is 0 Å². The Bertz CT molecular complexity index is 1050. The third-order valence-electron chi connectivity index (χ3n) is 11.0. The number of carbonyl (C=O) groups excluding carboxylic acids is 2. The first-order valence-electron chi connectivity index (χ1n) is 16.3. The average molecular weight is 567 g/mol. The van der Waals surface area contributed by atoms with Crippen LogP contribution in [0, 0.1) is 35.0 Å². The predicted octanol–water partition coefficient (Wildman–Crippen LogP) is 8.04. The minimum Gasteiger partial charge on any atom is -0.462 e. The third-order valence-corrected chi connectivity index (χ3v) is 11.0. The van der Waals surface area contributed by atoms with Crippen LogP contribution in [-0.2, 0) is 19.1 Å². The molecule has 5 heteroatoms. The number of aliphatic hydroxyl groups is 1. The molecular formula is C36H54O5. The number of rotatable bonds is 5. The van der Waals surface area contributed by atoms with E-state index in [0.29, 0.717) is 55.8 Å². The minimum absolute atomic E-state index is 0.0363. The van der Waals surface area contributed by atoms with Crippen LogP contribution in [0.1, 0.15) is 112 Å². The van der Waals surface area contributed by atoms with Crippen LogP contribution in [0.4, 0.5) is 0 Å². The van der Waals surface area contributed by atoms with Gasteiger partial charge in [0.15, 0.2) is 0 Å². The zero-order chi connectivity index (χ0) is 29.8. The number of esters is 2. The van der Waals surface area contributed by atoms with Gasteiger partial charge in [0.05, 0.1) is 0 Å². The van der Waals surface area contributed by atoms with Gasteiger partial charge in [-0.25, -0.2) is 0 Å². The molecule has 0 aromatic heterocycles. The molecule has 1 heterocycles. The molecule has 0 radical (unpaired) electrons. The van der Waals surface area contributed by atoms with E-state index >= 15 is 0 Å². The van der Waals surface area contributed by atoms with E-state index in [1.165, 1.54) is 0 Å². The summed E-state index contributed by atoms with van der Waals surface area (Å²) in [6.07, 6.45) is 18.0. The van der Waals surface area contributed by atoms with E-state index < -0.39 is 11.7 Å². The lowest BCUT2D eigenvalue weighted by atomic mass is 9.56. The summed E-state index contributed by atoms with van der Waals surface area (Å²) in [4.78, 5) is 25.6. The topological polar surface area (TPSA) is 72.8 Å². The lowest BCUT2D eigenvalue weighted by Crippen LogP contribution is -2.57. The molecule has 0 saturated heterocycles. The number of carbonyl (C=O) groups is 2. The first kappa shape index (κ1) is 31.8. The lowest BCUT2D eigenvalue weighted by Gasteiger charge is -2.52. The van der Waals surface area contributed by atoms with Gasteiger partial charge in [0.1, 0.15) is 17.8 Å². The summed E-state index contributed by atoms with van der Waals surface area (Å²) in [6, 6.07) is 0. The van der Waals surface area contributed by atoms with Gasteiger partial charge < -0.3 is 14.6 Å². The Morgan fingerprint density at radius 2 is 1.63 bits per heavy atom. The Balaban J connectivity index is 1.65. The maximum Gasteiger partial charge on any atom is 0.306 e. The highest BCUT2D eigenvalue weighted by atomic mass is 16.6. The Labute approximate surface area is 248 Å². The fourth-order valence-electron chi connectivity index (χ4n) is 8.10. The van der Waals surface area contributed by atoms with E-state index in [0.717, 1.165) is 49.7 Å². The molecule has 3 fully saturated rings. The van der Waals surface area contributed by atoms with Gasteiger partial charge in [0.25, 0.3) is 0 Å². The van der Waals surface area contributed by atoms with Gasteiger partial charge in [-0.3, -0.25) is 9.59 Å². The molecule has 2 bridgehead atoms. The minimum atomic E-state index is -1.15. The normalized spacial score (nSPS) is 39.1. The summed E-state index contributed by atoms with van der Waals surface area (Å²) in [5, 5.41) is 12.6. The highest BCUT2D eigenvalue weighted by molar-refractivity contribution is 5.70. The van der Waals surface area contributed by atoms with Crippen molar-refractivity contribution < 1.29 is 24.2 Å². The Morgan fingerprint density at radius 1 is 0.951 bits per heavy atom. The zero-order valence-corrected chi connectivity index (χ0v) is 26.2. The highest BCUT2D eigenvalue weighted by Crippen LogP contribution is 2.62. The van der Waals surface area contributed by atoms with Crippen LogP contribution in [0.15, 0.2) is 48.1 Å². The molecule has 1 N–H and O–H groups in total. The first-order valence-corrected chi connectivity index (χ1v) is 16.3. The molecule has 0 aromatic rings. The summed E-state index contributed by atoms with van der Waals surface area (Å²) in [7, 11) is 0. The van der Waals surface area contributed by atoms with Crippen molar-refractivity contribution in [3.05, 3.63) is 48.1 Å². The van der Waals surface area contributed by atoms with Gasteiger partial charge in [-0.05, 0) is 104 Å². The quantitative estimate of drug-likeness (QED) is 0.269. The summed E-state index contributed by atoms with van der Waals surface area (Å²) in [5.41, 5.74) is 0.750. The summed E-state index contributed by atoms with van der Waals surface area (Å²) in [6.45, 7) is 15.8. The molecule has 4 rings (SSSR count). The van der Waals surface area contributed by atoms with Crippen molar-refractivity contribution in [3.8, 4) is 0 Å². The van der Waals surface area contributed by atoms with E-state index in [2.05, 4.69) is 53.3 Å². The van der Waals surface area contributed by atoms with Gasteiger partial charge in [-0.15, -0.1) is 0 Å². The standard InChI is InChI=1S/C36H54O5/c1-24(2)25(3)14-15-27(5)30-18-19-31-35(30,6)20-11-21-36(31,39)32-23-28-22-29(17-16-26(28)4)40-33(37)12-9-7-8-10-13-34(38)41-32/h7-8,14-15,23-25,27,29-32,39H,4,9-13,16-22H2,1-3,5-6H3/b8-7+,15-14+,28-23-/t25-,27+,29+,30+,31+,32+,35+,36-/m0/s1. The van der Waals surface area contributed by atoms with Crippen LogP contribution in [0.3, 0.4) is 0 Å². The smallest absolute Gasteiger partial charge is 0.306 e. The Hall–Kier alpha value is -2.14. The fraction of sp³-hybridized carbons (Fsp3) is 0.722. The van der Waals surface area contributed by atoms with Crippen molar-refractivity contribution in [2.24, 2.45) is 35.0 Å². The number of allylic oxidation sites excluding steroid dienone is 5. The van der Waals surface area contributed by atoms with Crippen LogP contribution in [0.2, 0.25) is 0 Å². The molecule has 0 aromatic carbocycles. The fourth-order valence-corrected chi connectivity index (χ4v) is 8.10. The molecule has 3 aliphatic carbocycles. The molecule has 0 amide bonds. The van der Waals surface area contributed by atoms with Gasteiger partial charge in [-0.2, -0.15) is 0 Å². The number of fused-ring (bicyclic) bond motifs is 3. The van der Waals surface area contributed by atoms with Crippen LogP contribution < -0.4 is 0 Å². The zero-order valence-electron chi connectivity index (χ0n) is 26.2. The summed E-state index contributed by atoms with van der Waals surface area (Å²) < 4.78 is 12.0. The molecule has 4 aliphatic rings. The summed E-state index contributed by atoms with van der Waals surface area (Å²) in [5.74, 6) is 1.60. The molecular weight excluding hydrogens is 512 g/mol. The third kappa shape index (κ3) is 7.27. The van der Waals surface area contributed by atoms with Crippen molar-refractivity contribution in [3.63, 3.8) is 0 Å². The molecule has 41 heavy (non-hydrogen) atoms. The largest absolute Gasteiger partial charge is 0.462 e.